The number of ether oxygens (including phenoxy) is 1. The third kappa shape index (κ3) is 3.60. The maximum Gasteiger partial charge on any atom is 0.158 e. The molecule has 6 rings (SSSR count). The summed E-state index contributed by atoms with van der Waals surface area (Å²) in [4.78, 5) is 14.7. The van der Waals surface area contributed by atoms with Gasteiger partial charge >= 0.3 is 0 Å². The lowest BCUT2D eigenvalue weighted by Crippen LogP contribution is -2.29. The number of anilines is 1. The fraction of sp³-hybridized carbons (Fsp3) is 0.440. The van der Waals surface area contributed by atoms with Crippen molar-refractivity contribution < 1.29 is 4.74 Å². The van der Waals surface area contributed by atoms with Crippen molar-refractivity contribution in [3.63, 3.8) is 0 Å². The number of rotatable bonds is 4. The van der Waals surface area contributed by atoms with Crippen LogP contribution >= 0.6 is 0 Å². The third-order valence-electron chi connectivity index (χ3n) is 6.78. The van der Waals surface area contributed by atoms with Gasteiger partial charge in [0.15, 0.2) is 5.65 Å². The zero-order chi connectivity index (χ0) is 21.5. The highest BCUT2D eigenvalue weighted by Gasteiger charge is 2.23. The molecule has 1 aliphatic carbocycles. The fourth-order valence-electron chi connectivity index (χ4n) is 5.03. The van der Waals surface area contributed by atoms with Gasteiger partial charge in [0.1, 0.15) is 17.2 Å². The van der Waals surface area contributed by atoms with Gasteiger partial charge in [-0.3, -0.25) is 0 Å². The molecule has 0 atom stereocenters. The first-order valence-corrected chi connectivity index (χ1v) is 11.7. The van der Waals surface area contributed by atoms with Crippen LogP contribution in [0.5, 0.6) is 0 Å². The van der Waals surface area contributed by atoms with Crippen LogP contribution in [0.25, 0.3) is 28.1 Å². The van der Waals surface area contributed by atoms with Gasteiger partial charge in [-0.25, -0.2) is 15.0 Å². The molecule has 0 radical (unpaired) electrons. The van der Waals surface area contributed by atoms with Gasteiger partial charge in [0, 0.05) is 43.0 Å². The summed E-state index contributed by atoms with van der Waals surface area (Å²) in [6.45, 7) is 3.60. The van der Waals surface area contributed by atoms with Crippen LogP contribution in [0.3, 0.4) is 0 Å². The first-order valence-electron chi connectivity index (χ1n) is 11.7. The molecule has 7 heteroatoms. The molecule has 1 saturated heterocycles. The summed E-state index contributed by atoms with van der Waals surface area (Å²) in [7, 11) is 0. The van der Waals surface area contributed by atoms with Crippen LogP contribution < -0.4 is 5.32 Å². The average molecular weight is 429 g/mol. The zero-order valence-corrected chi connectivity index (χ0v) is 18.4. The van der Waals surface area contributed by atoms with Crippen LogP contribution in [-0.2, 0) is 4.74 Å². The lowest BCUT2D eigenvalue weighted by molar-refractivity contribution is 0.0903. The predicted octanol–water partition coefficient (Wildman–Crippen LogP) is 4.90. The van der Waals surface area contributed by atoms with Crippen LogP contribution in [0.1, 0.15) is 55.8 Å². The third-order valence-corrected chi connectivity index (χ3v) is 6.78. The Morgan fingerprint density at radius 3 is 2.47 bits per heavy atom. The SMILES string of the molecule is Cc1nc2ccccc2nc1-c1cc2nc(C3CCCC3)cc(NC3CCOCC3)n2n1. The van der Waals surface area contributed by atoms with E-state index in [1.54, 1.807) is 0 Å². The molecule has 2 fully saturated rings. The minimum Gasteiger partial charge on any atom is -0.381 e. The number of fused-ring (bicyclic) bond motifs is 2. The molecule has 32 heavy (non-hydrogen) atoms. The topological polar surface area (TPSA) is 77.2 Å². The molecule has 164 valence electrons. The highest BCUT2D eigenvalue weighted by atomic mass is 16.5. The molecule has 0 unspecified atom stereocenters. The fourth-order valence-corrected chi connectivity index (χ4v) is 5.03. The predicted molar refractivity (Wildman–Crippen MR) is 125 cm³/mol. The number of aryl methyl sites for hydroxylation is 1. The largest absolute Gasteiger partial charge is 0.381 e. The molecule has 0 amide bonds. The standard InChI is InChI=1S/C25H28N6O/c1-16-25(29-20-9-5-4-8-19(20)26-16)22-15-24-28-21(17-6-2-3-7-17)14-23(31(24)30-22)27-18-10-12-32-13-11-18/h4-5,8-9,14-15,17-18,27H,2-3,6-7,10-13H2,1H3. The smallest absolute Gasteiger partial charge is 0.158 e. The molecular formula is C25H28N6O. The number of hydrogen-bond acceptors (Lipinski definition) is 6. The summed E-state index contributed by atoms with van der Waals surface area (Å²) in [6, 6.07) is 12.6. The molecule has 0 bridgehead atoms. The summed E-state index contributed by atoms with van der Waals surface area (Å²) in [5, 5.41) is 8.68. The second-order valence-corrected chi connectivity index (χ2v) is 9.02. The van der Waals surface area contributed by atoms with E-state index in [-0.39, 0.29) is 0 Å². The molecule has 1 aliphatic heterocycles. The molecule has 2 aliphatic rings. The number of para-hydroxylation sites is 2. The summed E-state index contributed by atoms with van der Waals surface area (Å²) in [5.74, 6) is 1.55. The van der Waals surface area contributed by atoms with Crippen molar-refractivity contribution in [2.24, 2.45) is 0 Å². The van der Waals surface area contributed by atoms with Crippen molar-refractivity contribution in [3.05, 3.63) is 47.8 Å². The van der Waals surface area contributed by atoms with E-state index in [0.717, 1.165) is 65.6 Å². The van der Waals surface area contributed by atoms with E-state index in [9.17, 15) is 0 Å². The second kappa shape index (κ2) is 8.13. The Balaban J connectivity index is 1.46. The summed E-state index contributed by atoms with van der Waals surface area (Å²) in [5.41, 5.74) is 6.33. The molecule has 4 aromatic rings. The quantitative estimate of drug-likeness (QED) is 0.498. The lowest BCUT2D eigenvalue weighted by Gasteiger charge is -2.24. The minimum atomic E-state index is 0.389. The summed E-state index contributed by atoms with van der Waals surface area (Å²) in [6.07, 6.45) is 7.03. The number of nitrogens with one attached hydrogen (secondary N) is 1. The number of aromatic nitrogens is 5. The normalized spacial score (nSPS) is 18.0. The first-order chi connectivity index (χ1) is 15.7. The monoisotopic (exact) mass is 428 g/mol. The molecule has 4 heterocycles. The number of benzene rings is 1. The molecule has 0 spiro atoms. The van der Waals surface area contributed by atoms with Crippen LogP contribution in [0, 0.1) is 6.92 Å². The number of nitrogens with zero attached hydrogens (tertiary/aromatic N) is 5. The van der Waals surface area contributed by atoms with Gasteiger partial charge in [-0.2, -0.15) is 9.61 Å². The van der Waals surface area contributed by atoms with Crippen molar-refractivity contribution in [3.8, 4) is 11.4 Å². The minimum absolute atomic E-state index is 0.389. The maximum absolute atomic E-state index is 5.55. The van der Waals surface area contributed by atoms with Crippen LogP contribution in [0.2, 0.25) is 0 Å². The molecule has 7 nitrogen and oxygen atoms in total. The molecular weight excluding hydrogens is 400 g/mol. The van der Waals surface area contributed by atoms with Crippen molar-refractivity contribution in [1.82, 2.24) is 24.6 Å². The Bertz CT molecular complexity index is 1270. The Morgan fingerprint density at radius 2 is 1.69 bits per heavy atom. The Morgan fingerprint density at radius 1 is 0.938 bits per heavy atom. The van der Waals surface area contributed by atoms with Crippen LogP contribution in [0.4, 0.5) is 5.82 Å². The van der Waals surface area contributed by atoms with E-state index in [1.807, 2.05) is 35.7 Å². The Kier molecular flexibility index (Phi) is 4.98. The highest BCUT2D eigenvalue weighted by molar-refractivity contribution is 5.78. The van der Waals surface area contributed by atoms with Crippen LogP contribution in [-0.4, -0.2) is 43.8 Å². The summed E-state index contributed by atoms with van der Waals surface area (Å²) >= 11 is 0. The van der Waals surface area contributed by atoms with Crippen molar-refractivity contribution >= 4 is 22.5 Å². The lowest BCUT2D eigenvalue weighted by atomic mass is 10.0. The van der Waals surface area contributed by atoms with Gasteiger partial charge < -0.3 is 10.1 Å². The Labute approximate surface area is 187 Å². The van der Waals surface area contributed by atoms with Gasteiger partial charge in [-0.05, 0) is 44.7 Å². The molecule has 1 N–H and O–H groups in total. The van der Waals surface area contributed by atoms with E-state index < -0.39 is 0 Å². The van der Waals surface area contributed by atoms with Crippen LogP contribution in [0.15, 0.2) is 36.4 Å². The van der Waals surface area contributed by atoms with Gasteiger partial charge in [0.2, 0.25) is 0 Å². The van der Waals surface area contributed by atoms with Gasteiger partial charge in [-0.1, -0.05) is 25.0 Å². The molecule has 3 aromatic heterocycles. The van der Waals surface area contributed by atoms with Crippen molar-refractivity contribution in [1.29, 1.82) is 0 Å². The van der Waals surface area contributed by atoms with E-state index >= 15 is 0 Å². The van der Waals surface area contributed by atoms with Gasteiger partial charge in [0.25, 0.3) is 0 Å². The van der Waals surface area contributed by atoms with Gasteiger partial charge in [-0.15, -0.1) is 0 Å². The maximum atomic E-state index is 5.55. The first kappa shape index (κ1) is 19.6. The van der Waals surface area contributed by atoms with Crippen molar-refractivity contribution in [2.75, 3.05) is 18.5 Å². The number of hydrogen-bond donors (Lipinski definition) is 1. The van der Waals surface area contributed by atoms with Crippen molar-refractivity contribution in [2.45, 2.75) is 57.4 Å². The molecule has 1 saturated carbocycles. The average Bonchev–Trinajstić information content (AvgIpc) is 3.49. The summed E-state index contributed by atoms with van der Waals surface area (Å²) < 4.78 is 7.49. The zero-order valence-electron chi connectivity index (χ0n) is 18.4. The Hall–Kier alpha value is -3.06. The second-order valence-electron chi connectivity index (χ2n) is 9.02. The van der Waals surface area contributed by atoms with Gasteiger partial charge in [0.05, 0.1) is 16.7 Å². The molecule has 1 aromatic carbocycles. The van der Waals surface area contributed by atoms with E-state index in [0.29, 0.717) is 12.0 Å². The highest BCUT2D eigenvalue weighted by Crippen LogP contribution is 2.35. The van der Waals surface area contributed by atoms with E-state index in [2.05, 4.69) is 17.4 Å². The van der Waals surface area contributed by atoms with E-state index in [4.69, 9.17) is 24.8 Å². The van der Waals surface area contributed by atoms with E-state index in [1.165, 1.54) is 31.4 Å².